The molecule has 0 amide bonds. The molecule has 0 spiro atoms. The van der Waals surface area contributed by atoms with Crippen molar-refractivity contribution in [2.75, 3.05) is 11.9 Å². The first-order valence-electron chi connectivity index (χ1n) is 5.94. The summed E-state index contributed by atoms with van der Waals surface area (Å²) in [5.41, 5.74) is 0. The number of hydrogen-bond donors (Lipinski definition) is 1. The molecule has 0 radical (unpaired) electrons. The van der Waals surface area contributed by atoms with Crippen molar-refractivity contribution in [1.29, 1.82) is 0 Å². The molecule has 0 fully saturated rings. The van der Waals surface area contributed by atoms with Crippen LogP contribution >= 0.6 is 7.92 Å². The van der Waals surface area contributed by atoms with Crippen LogP contribution in [-0.4, -0.2) is 20.3 Å². The van der Waals surface area contributed by atoms with Gasteiger partial charge in [0.15, 0.2) is 0 Å². The Morgan fingerprint density at radius 1 is 0.842 bits per heavy atom. The minimum absolute atomic E-state index is 0.0164. The van der Waals surface area contributed by atoms with Gasteiger partial charge < -0.3 is 0 Å². The maximum absolute atomic E-state index is 11.2. The van der Waals surface area contributed by atoms with E-state index in [2.05, 4.69) is 0 Å². The van der Waals surface area contributed by atoms with Crippen molar-refractivity contribution in [2.24, 2.45) is 5.14 Å². The highest BCUT2D eigenvalue weighted by Gasteiger charge is 2.15. The van der Waals surface area contributed by atoms with Gasteiger partial charge in [-0.25, -0.2) is 13.6 Å². The summed E-state index contributed by atoms with van der Waals surface area (Å²) in [7, 11) is -4.09. The first-order valence-corrected chi connectivity index (χ1v) is 9.18. The van der Waals surface area contributed by atoms with Gasteiger partial charge in [0, 0.05) is 0 Å². The quantitative estimate of drug-likeness (QED) is 0.847. The van der Waals surface area contributed by atoms with Crippen LogP contribution in [-0.2, 0) is 10.0 Å². The Kier molecular flexibility index (Phi) is 4.70. The number of benzene rings is 2. The second kappa shape index (κ2) is 6.29. The lowest BCUT2D eigenvalue weighted by Gasteiger charge is -2.18. The fourth-order valence-corrected chi connectivity index (χ4v) is 5.47. The highest BCUT2D eigenvalue weighted by atomic mass is 32.2. The van der Waals surface area contributed by atoms with E-state index in [0.717, 1.165) is 0 Å². The maximum Gasteiger partial charge on any atom is 0.209 e. The van der Waals surface area contributed by atoms with Gasteiger partial charge in [-0.15, -0.1) is 0 Å². The van der Waals surface area contributed by atoms with Crippen LogP contribution in [0, 0.1) is 0 Å². The van der Waals surface area contributed by atoms with Crippen LogP contribution in [0.4, 0.5) is 0 Å². The third kappa shape index (κ3) is 4.43. The average Bonchev–Trinajstić information content (AvgIpc) is 2.40. The first-order chi connectivity index (χ1) is 9.06. The predicted molar refractivity (Wildman–Crippen MR) is 81.9 cm³/mol. The smallest absolute Gasteiger partial charge is 0.209 e. The molecule has 100 valence electrons. The molecule has 0 aliphatic carbocycles. The SMILES string of the molecule is NS(=O)(=O)CCP(c1ccccc1)c1ccccc1. The van der Waals surface area contributed by atoms with Crippen LogP contribution in [0.25, 0.3) is 0 Å². The zero-order valence-corrected chi connectivity index (χ0v) is 12.1. The van der Waals surface area contributed by atoms with Crippen LogP contribution in [0.1, 0.15) is 0 Å². The third-order valence-electron chi connectivity index (χ3n) is 2.74. The van der Waals surface area contributed by atoms with E-state index in [4.69, 9.17) is 5.14 Å². The van der Waals surface area contributed by atoms with E-state index >= 15 is 0 Å². The molecule has 2 aromatic carbocycles. The second-order valence-corrected chi connectivity index (χ2v) is 8.26. The number of nitrogens with two attached hydrogens (primary N) is 1. The Morgan fingerprint density at radius 2 is 1.26 bits per heavy atom. The Bertz CT molecular complexity index is 575. The van der Waals surface area contributed by atoms with Crippen molar-refractivity contribution < 1.29 is 8.42 Å². The van der Waals surface area contributed by atoms with Gasteiger partial charge in [0.05, 0.1) is 5.75 Å². The van der Waals surface area contributed by atoms with E-state index in [1.165, 1.54) is 10.6 Å². The molecule has 2 N–H and O–H groups in total. The van der Waals surface area contributed by atoms with Crippen LogP contribution in [0.2, 0.25) is 0 Å². The molecule has 0 heterocycles. The topological polar surface area (TPSA) is 60.2 Å². The number of hydrogen-bond acceptors (Lipinski definition) is 2. The lowest BCUT2D eigenvalue weighted by Crippen LogP contribution is -2.23. The second-order valence-electron chi connectivity index (χ2n) is 4.19. The van der Waals surface area contributed by atoms with E-state index in [-0.39, 0.29) is 5.75 Å². The minimum Gasteiger partial charge on any atom is -0.229 e. The molecule has 2 rings (SSSR count). The van der Waals surface area contributed by atoms with Crippen molar-refractivity contribution >= 4 is 28.6 Å². The average molecular weight is 293 g/mol. The Hall–Kier alpha value is -1.22. The molecule has 0 saturated carbocycles. The van der Waals surface area contributed by atoms with E-state index in [9.17, 15) is 8.42 Å². The molecule has 19 heavy (non-hydrogen) atoms. The largest absolute Gasteiger partial charge is 0.229 e. The molecular weight excluding hydrogens is 277 g/mol. The number of sulfonamides is 1. The molecule has 3 nitrogen and oxygen atoms in total. The van der Waals surface area contributed by atoms with Crippen LogP contribution in [0.5, 0.6) is 0 Å². The Labute approximate surface area is 115 Å². The number of primary sulfonamides is 1. The van der Waals surface area contributed by atoms with Crippen LogP contribution in [0.15, 0.2) is 60.7 Å². The monoisotopic (exact) mass is 293 g/mol. The molecule has 2 aromatic rings. The molecule has 0 atom stereocenters. The van der Waals surface area contributed by atoms with E-state index < -0.39 is 17.9 Å². The van der Waals surface area contributed by atoms with Gasteiger partial charge >= 0.3 is 0 Å². The Balaban J connectivity index is 2.29. The standard InChI is InChI=1S/C14H16NO2PS/c15-19(16,17)12-11-18(13-7-3-1-4-8-13)14-9-5-2-6-10-14/h1-10H,11-12H2,(H2,15,16,17). The van der Waals surface area contributed by atoms with E-state index in [1.54, 1.807) is 0 Å². The summed E-state index contributed by atoms with van der Waals surface area (Å²) in [6.07, 6.45) is 0.558. The van der Waals surface area contributed by atoms with Crippen molar-refractivity contribution in [3.8, 4) is 0 Å². The minimum atomic E-state index is -3.42. The summed E-state index contributed by atoms with van der Waals surface area (Å²) in [5, 5.41) is 7.47. The summed E-state index contributed by atoms with van der Waals surface area (Å²) >= 11 is 0. The molecule has 0 aliphatic heterocycles. The van der Waals surface area contributed by atoms with Crippen molar-refractivity contribution in [2.45, 2.75) is 0 Å². The normalized spacial score (nSPS) is 11.7. The summed E-state index contributed by atoms with van der Waals surface area (Å²) < 4.78 is 22.4. The highest BCUT2D eigenvalue weighted by Crippen LogP contribution is 2.33. The molecule has 0 saturated heterocycles. The lowest BCUT2D eigenvalue weighted by molar-refractivity contribution is 0.599. The maximum atomic E-state index is 11.2. The zero-order valence-electron chi connectivity index (χ0n) is 10.4. The summed E-state index contributed by atoms with van der Waals surface area (Å²) in [6, 6.07) is 20.0. The van der Waals surface area contributed by atoms with Crippen LogP contribution < -0.4 is 15.7 Å². The fourth-order valence-electron chi connectivity index (χ4n) is 1.84. The molecular formula is C14H16NO2PS. The fraction of sp³-hybridized carbons (Fsp3) is 0.143. The lowest BCUT2D eigenvalue weighted by atomic mass is 10.4. The van der Waals surface area contributed by atoms with E-state index in [0.29, 0.717) is 6.16 Å². The van der Waals surface area contributed by atoms with Crippen molar-refractivity contribution in [3.05, 3.63) is 60.7 Å². The van der Waals surface area contributed by atoms with Gasteiger partial charge in [-0.1, -0.05) is 60.7 Å². The third-order valence-corrected chi connectivity index (χ3v) is 6.32. The predicted octanol–water partition coefficient (Wildman–Crippen LogP) is 1.41. The van der Waals surface area contributed by atoms with Gasteiger partial charge in [0.2, 0.25) is 10.0 Å². The summed E-state index contributed by atoms with van der Waals surface area (Å²) in [4.78, 5) is 0. The van der Waals surface area contributed by atoms with Gasteiger partial charge in [-0.05, 0) is 24.7 Å². The first kappa shape index (κ1) is 14.2. The molecule has 0 aliphatic rings. The van der Waals surface area contributed by atoms with E-state index in [1.807, 2.05) is 60.7 Å². The van der Waals surface area contributed by atoms with Gasteiger partial charge in [0.1, 0.15) is 0 Å². The van der Waals surface area contributed by atoms with Gasteiger partial charge in [0.25, 0.3) is 0 Å². The van der Waals surface area contributed by atoms with Gasteiger partial charge in [-0.3, -0.25) is 0 Å². The Morgan fingerprint density at radius 3 is 1.63 bits per heavy atom. The summed E-state index contributed by atoms with van der Waals surface area (Å²) in [5.74, 6) is 0.0164. The molecule has 0 unspecified atom stereocenters. The van der Waals surface area contributed by atoms with Crippen LogP contribution in [0.3, 0.4) is 0 Å². The van der Waals surface area contributed by atoms with Crippen molar-refractivity contribution in [3.63, 3.8) is 0 Å². The van der Waals surface area contributed by atoms with Gasteiger partial charge in [-0.2, -0.15) is 0 Å². The molecule has 0 aromatic heterocycles. The van der Waals surface area contributed by atoms with Crippen molar-refractivity contribution in [1.82, 2.24) is 0 Å². The zero-order chi connectivity index (χ0) is 13.7. The number of rotatable bonds is 5. The highest BCUT2D eigenvalue weighted by molar-refractivity contribution is 7.89. The molecule has 5 heteroatoms. The summed E-state index contributed by atoms with van der Waals surface area (Å²) in [6.45, 7) is 0. The molecule has 0 bridgehead atoms.